The molecule has 1 fully saturated rings. The van der Waals surface area contributed by atoms with Crippen molar-refractivity contribution in [3.05, 3.63) is 23.8 Å². The first kappa shape index (κ1) is 17.0. The molecule has 8 heteroatoms. The van der Waals surface area contributed by atoms with Gasteiger partial charge in [-0.2, -0.15) is 4.37 Å². The Morgan fingerprint density at radius 3 is 2.58 bits per heavy atom. The molecule has 24 heavy (non-hydrogen) atoms. The second-order valence-corrected chi connectivity index (χ2v) is 6.98. The van der Waals surface area contributed by atoms with Crippen LogP contribution >= 0.6 is 11.5 Å². The monoisotopic (exact) mass is 347 g/mol. The van der Waals surface area contributed by atoms with E-state index in [1.165, 1.54) is 17.1 Å². The third-order valence-electron chi connectivity index (χ3n) is 4.13. The van der Waals surface area contributed by atoms with Crippen LogP contribution in [0.15, 0.2) is 12.4 Å². The zero-order chi connectivity index (χ0) is 16.9. The van der Waals surface area contributed by atoms with E-state index in [2.05, 4.69) is 36.0 Å². The number of nitrogens with zero attached hydrogens (tertiary/aromatic N) is 7. The third kappa shape index (κ3) is 4.18. The summed E-state index contributed by atoms with van der Waals surface area (Å²) in [6.07, 6.45) is 5.91. The lowest BCUT2D eigenvalue weighted by Crippen LogP contribution is -2.30. The van der Waals surface area contributed by atoms with Gasteiger partial charge in [0.15, 0.2) is 0 Å². The predicted molar refractivity (Wildman–Crippen MR) is 97.8 cm³/mol. The average molecular weight is 347 g/mol. The number of aryl methyl sites for hydroxylation is 1. The minimum atomic E-state index is 0.754. The van der Waals surface area contributed by atoms with Crippen molar-refractivity contribution in [2.75, 3.05) is 50.1 Å². The van der Waals surface area contributed by atoms with Crippen molar-refractivity contribution in [3.8, 4) is 0 Å². The molecular weight excluding hydrogens is 322 g/mol. The summed E-state index contributed by atoms with van der Waals surface area (Å²) in [6, 6.07) is 0. The van der Waals surface area contributed by atoms with Crippen LogP contribution in [0.4, 0.5) is 11.1 Å². The van der Waals surface area contributed by atoms with Gasteiger partial charge in [-0.25, -0.2) is 15.0 Å². The first-order valence-electron chi connectivity index (χ1n) is 8.44. The second kappa shape index (κ2) is 7.85. The molecule has 1 saturated heterocycles. The van der Waals surface area contributed by atoms with E-state index in [1.807, 2.05) is 31.4 Å². The van der Waals surface area contributed by atoms with Gasteiger partial charge in [0.25, 0.3) is 0 Å². The minimum absolute atomic E-state index is 0.754. The molecule has 0 N–H and O–H groups in total. The van der Waals surface area contributed by atoms with E-state index in [0.29, 0.717) is 0 Å². The number of anilines is 2. The maximum Gasteiger partial charge on any atom is 0.224 e. The van der Waals surface area contributed by atoms with Crippen molar-refractivity contribution in [1.82, 2.24) is 24.2 Å². The summed E-state index contributed by atoms with van der Waals surface area (Å²) < 4.78 is 4.40. The Labute approximate surface area is 147 Å². The van der Waals surface area contributed by atoms with Gasteiger partial charge in [-0.15, -0.1) is 0 Å². The third-order valence-corrected chi connectivity index (χ3v) is 4.95. The van der Waals surface area contributed by atoms with Crippen LogP contribution < -0.4 is 9.80 Å². The van der Waals surface area contributed by atoms with Crippen LogP contribution in [-0.2, 0) is 13.0 Å². The summed E-state index contributed by atoms with van der Waals surface area (Å²) >= 11 is 1.52. The maximum absolute atomic E-state index is 4.62. The maximum atomic E-state index is 4.62. The summed E-state index contributed by atoms with van der Waals surface area (Å²) in [4.78, 5) is 20.2. The number of aromatic nitrogens is 4. The van der Waals surface area contributed by atoms with Crippen LogP contribution in [0.2, 0.25) is 0 Å². The van der Waals surface area contributed by atoms with Gasteiger partial charge in [-0.1, -0.05) is 6.92 Å². The zero-order valence-electron chi connectivity index (χ0n) is 14.6. The van der Waals surface area contributed by atoms with Crippen LogP contribution in [0.25, 0.3) is 0 Å². The van der Waals surface area contributed by atoms with E-state index in [0.717, 1.165) is 62.5 Å². The molecule has 0 unspecified atom stereocenters. The van der Waals surface area contributed by atoms with Crippen LogP contribution in [0.5, 0.6) is 0 Å². The largest absolute Gasteiger partial charge is 0.347 e. The summed E-state index contributed by atoms with van der Waals surface area (Å²) in [6.45, 7) is 7.15. The molecule has 3 heterocycles. The quantitative estimate of drug-likeness (QED) is 0.815. The molecule has 0 aromatic carbocycles. The fraction of sp³-hybridized carbons (Fsp3) is 0.625. The lowest BCUT2D eigenvalue weighted by Gasteiger charge is -2.21. The van der Waals surface area contributed by atoms with E-state index in [4.69, 9.17) is 0 Å². The van der Waals surface area contributed by atoms with Gasteiger partial charge in [-0.05, 0) is 6.42 Å². The Balaban J connectivity index is 1.57. The molecule has 2 aromatic heterocycles. The standard InChI is InChI=1S/C16H25N7S/c1-4-14-19-16(24-20-14)23-7-5-6-22(8-9-23)12-13-10-17-15(18-11-13)21(2)3/h10-11H,4-9,12H2,1-3H3. The van der Waals surface area contributed by atoms with Crippen molar-refractivity contribution in [2.24, 2.45) is 0 Å². The molecule has 0 atom stereocenters. The van der Waals surface area contributed by atoms with Crippen LogP contribution in [-0.4, -0.2) is 64.5 Å². The van der Waals surface area contributed by atoms with Gasteiger partial charge >= 0.3 is 0 Å². The molecule has 0 aliphatic carbocycles. The highest BCUT2D eigenvalue weighted by Crippen LogP contribution is 2.20. The van der Waals surface area contributed by atoms with Crippen LogP contribution in [0.1, 0.15) is 24.7 Å². The summed E-state index contributed by atoms with van der Waals surface area (Å²) in [7, 11) is 3.91. The SMILES string of the molecule is CCc1nsc(N2CCCN(Cc3cnc(N(C)C)nc3)CC2)n1. The van der Waals surface area contributed by atoms with Crippen LogP contribution in [0, 0.1) is 0 Å². The number of hydrogen-bond donors (Lipinski definition) is 0. The first-order valence-corrected chi connectivity index (χ1v) is 9.21. The minimum Gasteiger partial charge on any atom is -0.347 e. The molecule has 0 spiro atoms. The first-order chi connectivity index (χ1) is 11.7. The molecule has 1 aliphatic heterocycles. The van der Waals surface area contributed by atoms with E-state index >= 15 is 0 Å². The predicted octanol–water partition coefficient (Wildman–Crippen LogP) is 1.67. The van der Waals surface area contributed by atoms with Gasteiger partial charge in [0, 0.05) is 82.7 Å². The highest BCUT2D eigenvalue weighted by atomic mass is 32.1. The Kier molecular flexibility index (Phi) is 5.57. The Morgan fingerprint density at radius 1 is 1.12 bits per heavy atom. The summed E-state index contributed by atoms with van der Waals surface area (Å²) in [5, 5.41) is 1.06. The number of hydrogen-bond acceptors (Lipinski definition) is 8. The van der Waals surface area contributed by atoms with Gasteiger partial charge in [0.1, 0.15) is 5.82 Å². The second-order valence-electron chi connectivity index (χ2n) is 6.25. The van der Waals surface area contributed by atoms with Crippen molar-refractivity contribution in [1.29, 1.82) is 0 Å². The van der Waals surface area contributed by atoms with Gasteiger partial charge < -0.3 is 9.80 Å². The summed E-state index contributed by atoms with van der Waals surface area (Å²) in [5.74, 6) is 1.71. The lowest BCUT2D eigenvalue weighted by atomic mass is 10.3. The zero-order valence-corrected chi connectivity index (χ0v) is 15.5. The fourth-order valence-corrected chi connectivity index (χ4v) is 3.56. The van der Waals surface area contributed by atoms with Crippen molar-refractivity contribution < 1.29 is 0 Å². The molecule has 0 saturated carbocycles. The van der Waals surface area contributed by atoms with Gasteiger partial charge in [-0.3, -0.25) is 4.90 Å². The van der Waals surface area contributed by atoms with E-state index in [1.54, 1.807) is 0 Å². The molecule has 0 amide bonds. The number of rotatable bonds is 5. The molecule has 0 bridgehead atoms. The van der Waals surface area contributed by atoms with Crippen molar-refractivity contribution >= 4 is 22.6 Å². The molecule has 3 rings (SSSR count). The summed E-state index contributed by atoms with van der Waals surface area (Å²) in [5.41, 5.74) is 1.17. The van der Waals surface area contributed by atoms with Gasteiger partial charge in [0.05, 0.1) is 0 Å². The highest BCUT2D eigenvalue weighted by molar-refractivity contribution is 7.09. The molecule has 0 radical (unpaired) electrons. The van der Waals surface area contributed by atoms with Crippen molar-refractivity contribution in [3.63, 3.8) is 0 Å². The Morgan fingerprint density at radius 2 is 1.92 bits per heavy atom. The molecule has 1 aliphatic rings. The normalized spacial score (nSPS) is 16.2. The van der Waals surface area contributed by atoms with E-state index in [-0.39, 0.29) is 0 Å². The smallest absolute Gasteiger partial charge is 0.224 e. The van der Waals surface area contributed by atoms with E-state index in [9.17, 15) is 0 Å². The topological polar surface area (TPSA) is 61.3 Å². The van der Waals surface area contributed by atoms with Gasteiger partial charge in [0.2, 0.25) is 11.1 Å². The molecule has 2 aromatic rings. The van der Waals surface area contributed by atoms with Crippen LogP contribution in [0.3, 0.4) is 0 Å². The Bertz CT molecular complexity index is 640. The fourth-order valence-electron chi connectivity index (χ4n) is 2.76. The van der Waals surface area contributed by atoms with Crippen molar-refractivity contribution in [2.45, 2.75) is 26.3 Å². The molecule has 7 nitrogen and oxygen atoms in total. The lowest BCUT2D eigenvalue weighted by molar-refractivity contribution is 0.285. The highest BCUT2D eigenvalue weighted by Gasteiger charge is 2.18. The molecular formula is C16H25N7S. The Hall–Kier alpha value is -1.80. The van der Waals surface area contributed by atoms with E-state index < -0.39 is 0 Å². The molecule has 130 valence electrons. The average Bonchev–Trinajstić information content (AvgIpc) is 2.95.